The molecule has 0 aliphatic carbocycles. The Bertz CT molecular complexity index is 119. The van der Waals surface area contributed by atoms with Crippen LogP contribution in [0.15, 0.2) is 12.2 Å². The van der Waals surface area contributed by atoms with Crippen LogP contribution < -0.4 is 5.73 Å². The molecule has 0 saturated carbocycles. The molecule has 0 unspecified atom stereocenters. The summed E-state index contributed by atoms with van der Waals surface area (Å²) in [5.74, 6) is 0.797. The van der Waals surface area contributed by atoms with Gasteiger partial charge in [-0.25, -0.2) is 0 Å². The van der Waals surface area contributed by atoms with Crippen LogP contribution in [0.5, 0.6) is 0 Å². The van der Waals surface area contributed by atoms with Crippen molar-refractivity contribution >= 4 is 0 Å². The molecule has 0 saturated heterocycles. The number of hydrogen-bond donors (Lipinski definition) is 1. The van der Waals surface area contributed by atoms with Crippen molar-refractivity contribution < 1.29 is 0 Å². The highest BCUT2D eigenvalue weighted by molar-refractivity contribution is 4.84. The summed E-state index contributed by atoms with van der Waals surface area (Å²) in [6.45, 7) is 7.35. The summed E-state index contributed by atoms with van der Waals surface area (Å²) >= 11 is 0. The first-order valence-corrected chi connectivity index (χ1v) is 4.70. The van der Waals surface area contributed by atoms with E-state index in [-0.39, 0.29) is 0 Å². The first kappa shape index (κ1) is 11.7. The second kappa shape index (κ2) is 7.32. The standard InChI is InChI=1S/C10H22N2/c1-10(2)6-9-12(3)8-5-4-7-11/h4-5,10H,6-9,11H2,1-3H3. The third-order valence-electron chi connectivity index (χ3n) is 1.81. The fourth-order valence-corrected chi connectivity index (χ4v) is 0.921. The lowest BCUT2D eigenvalue weighted by atomic mass is 10.1. The molecule has 0 aliphatic rings. The zero-order chi connectivity index (χ0) is 9.40. The van der Waals surface area contributed by atoms with Crippen LogP contribution in [0.1, 0.15) is 20.3 Å². The average molecular weight is 170 g/mol. The predicted molar refractivity (Wildman–Crippen MR) is 55.1 cm³/mol. The molecule has 0 atom stereocenters. The Morgan fingerprint density at radius 1 is 1.33 bits per heavy atom. The summed E-state index contributed by atoms with van der Waals surface area (Å²) in [6, 6.07) is 0. The Hall–Kier alpha value is -0.340. The highest BCUT2D eigenvalue weighted by Gasteiger charge is 1.97. The maximum absolute atomic E-state index is 5.33. The van der Waals surface area contributed by atoms with Crippen molar-refractivity contribution in [3.63, 3.8) is 0 Å². The molecule has 72 valence electrons. The Labute approximate surface area is 76.4 Å². The van der Waals surface area contributed by atoms with E-state index in [2.05, 4.69) is 31.9 Å². The molecule has 0 radical (unpaired) electrons. The highest BCUT2D eigenvalue weighted by Crippen LogP contribution is 1.99. The highest BCUT2D eigenvalue weighted by atomic mass is 15.1. The number of rotatable bonds is 6. The van der Waals surface area contributed by atoms with Gasteiger partial charge in [-0.3, -0.25) is 0 Å². The van der Waals surface area contributed by atoms with E-state index in [1.807, 2.05) is 6.08 Å². The van der Waals surface area contributed by atoms with E-state index in [9.17, 15) is 0 Å². The minimum absolute atomic E-state index is 0.651. The summed E-state index contributed by atoms with van der Waals surface area (Å²) in [5.41, 5.74) is 5.33. The molecule has 0 bridgehead atoms. The lowest BCUT2D eigenvalue weighted by molar-refractivity contribution is 0.339. The van der Waals surface area contributed by atoms with E-state index in [0.717, 1.165) is 12.5 Å². The van der Waals surface area contributed by atoms with Crippen molar-refractivity contribution in [1.82, 2.24) is 4.90 Å². The number of hydrogen-bond acceptors (Lipinski definition) is 2. The zero-order valence-corrected chi connectivity index (χ0v) is 8.59. The van der Waals surface area contributed by atoms with E-state index >= 15 is 0 Å². The van der Waals surface area contributed by atoms with Crippen LogP contribution in [-0.2, 0) is 0 Å². The molecule has 12 heavy (non-hydrogen) atoms. The van der Waals surface area contributed by atoms with Crippen LogP contribution in [0.2, 0.25) is 0 Å². The van der Waals surface area contributed by atoms with Gasteiger partial charge in [-0.2, -0.15) is 0 Å². The van der Waals surface area contributed by atoms with Gasteiger partial charge in [0.05, 0.1) is 0 Å². The third kappa shape index (κ3) is 7.76. The van der Waals surface area contributed by atoms with Crippen molar-refractivity contribution in [3.05, 3.63) is 12.2 Å². The number of likely N-dealkylation sites (N-methyl/N-ethyl adjacent to an activating group) is 1. The van der Waals surface area contributed by atoms with Gasteiger partial charge >= 0.3 is 0 Å². The van der Waals surface area contributed by atoms with E-state index in [4.69, 9.17) is 5.73 Å². The van der Waals surface area contributed by atoms with Crippen LogP contribution in [0.25, 0.3) is 0 Å². The maximum atomic E-state index is 5.33. The minimum Gasteiger partial charge on any atom is -0.327 e. The third-order valence-corrected chi connectivity index (χ3v) is 1.81. The average Bonchev–Trinajstić information content (AvgIpc) is 2.01. The fraction of sp³-hybridized carbons (Fsp3) is 0.800. The molecule has 0 heterocycles. The molecule has 0 aromatic carbocycles. The van der Waals surface area contributed by atoms with Gasteiger partial charge in [0.1, 0.15) is 0 Å². The maximum Gasteiger partial charge on any atom is 0.0160 e. The summed E-state index contributed by atoms with van der Waals surface area (Å²) in [7, 11) is 2.14. The van der Waals surface area contributed by atoms with Crippen LogP contribution in [0.4, 0.5) is 0 Å². The summed E-state index contributed by atoms with van der Waals surface area (Å²) in [5, 5.41) is 0. The molecule has 0 aromatic heterocycles. The molecule has 0 spiro atoms. The molecule has 0 rings (SSSR count). The summed E-state index contributed by atoms with van der Waals surface area (Å²) in [6.07, 6.45) is 5.40. The van der Waals surface area contributed by atoms with Crippen molar-refractivity contribution in [2.75, 3.05) is 26.7 Å². The normalized spacial score (nSPS) is 12.2. The number of nitrogens with zero attached hydrogens (tertiary/aromatic N) is 1. The van der Waals surface area contributed by atoms with Gasteiger partial charge in [0.25, 0.3) is 0 Å². The lowest BCUT2D eigenvalue weighted by Gasteiger charge is -2.15. The van der Waals surface area contributed by atoms with Gasteiger partial charge in [-0.15, -0.1) is 0 Å². The van der Waals surface area contributed by atoms with Gasteiger partial charge < -0.3 is 10.6 Å². The minimum atomic E-state index is 0.651. The van der Waals surface area contributed by atoms with Gasteiger partial charge in [-0.05, 0) is 25.9 Å². The lowest BCUT2D eigenvalue weighted by Crippen LogP contribution is -2.20. The van der Waals surface area contributed by atoms with Crippen LogP contribution in [0.3, 0.4) is 0 Å². The topological polar surface area (TPSA) is 29.3 Å². The SMILES string of the molecule is CC(C)CCN(C)CC=CCN. The number of nitrogens with two attached hydrogens (primary N) is 1. The van der Waals surface area contributed by atoms with Gasteiger partial charge in [-0.1, -0.05) is 26.0 Å². The van der Waals surface area contributed by atoms with E-state index in [1.54, 1.807) is 0 Å². The van der Waals surface area contributed by atoms with Crippen LogP contribution in [0, 0.1) is 5.92 Å². The second-order valence-electron chi connectivity index (χ2n) is 3.65. The first-order chi connectivity index (χ1) is 5.66. The molecule has 0 aromatic rings. The van der Waals surface area contributed by atoms with E-state index in [1.165, 1.54) is 13.0 Å². The fourth-order valence-electron chi connectivity index (χ4n) is 0.921. The van der Waals surface area contributed by atoms with Crippen molar-refractivity contribution in [2.24, 2.45) is 11.7 Å². The zero-order valence-electron chi connectivity index (χ0n) is 8.59. The Balaban J connectivity index is 3.33. The second-order valence-corrected chi connectivity index (χ2v) is 3.65. The molecule has 0 aliphatic heterocycles. The summed E-state index contributed by atoms with van der Waals surface area (Å²) in [4.78, 5) is 2.31. The monoisotopic (exact) mass is 170 g/mol. The van der Waals surface area contributed by atoms with Crippen LogP contribution in [-0.4, -0.2) is 31.6 Å². The Kier molecular flexibility index (Phi) is 7.11. The van der Waals surface area contributed by atoms with Crippen LogP contribution >= 0.6 is 0 Å². The molecule has 0 fully saturated rings. The predicted octanol–water partition coefficient (Wildman–Crippen LogP) is 1.48. The van der Waals surface area contributed by atoms with E-state index in [0.29, 0.717) is 6.54 Å². The molecule has 2 N–H and O–H groups in total. The smallest absolute Gasteiger partial charge is 0.0160 e. The summed E-state index contributed by atoms with van der Waals surface area (Å²) < 4.78 is 0. The molecular formula is C10H22N2. The van der Waals surface area contributed by atoms with E-state index < -0.39 is 0 Å². The quantitative estimate of drug-likeness (QED) is 0.612. The van der Waals surface area contributed by atoms with Gasteiger partial charge in [0.2, 0.25) is 0 Å². The van der Waals surface area contributed by atoms with Gasteiger partial charge in [0.15, 0.2) is 0 Å². The molecule has 2 nitrogen and oxygen atoms in total. The largest absolute Gasteiger partial charge is 0.327 e. The van der Waals surface area contributed by atoms with Gasteiger partial charge in [0, 0.05) is 13.1 Å². The Morgan fingerprint density at radius 2 is 2.00 bits per heavy atom. The molecule has 0 amide bonds. The van der Waals surface area contributed by atoms with Crippen molar-refractivity contribution in [3.8, 4) is 0 Å². The molecule has 2 heteroatoms. The van der Waals surface area contributed by atoms with Crippen molar-refractivity contribution in [1.29, 1.82) is 0 Å². The Morgan fingerprint density at radius 3 is 2.50 bits per heavy atom. The van der Waals surface area contributed by atoms with Crippen molar-refractivity contribution in [2.45, 2.75) is 20.3 Å². The first-order valence-electron chi connectivity index (χ1n) is 4.70. The molecular weight excluding hydrogens is 148 g/mol.